The molecule has 0 aromatic heterocycles. The lowest BCUT2D eigenvalue weighted by Crippen LogP contribution is -2.26. The maximum atomic E-state index is 12.1. The standard InChI is InChI=1S/C10H16NO4PS2/c1-3-15-16(12,17)11(2)18(13,14)9-10-7-5-4-6-8-10/h4-8H,3,9H2,1-2H3,(H,12,17). The summed E-state index contributed by atoms with van der Waals surface area (Å²) in [6, 6.07) is 8.71. The normalized spacial score (nSPS) is 15.6. The van der Waals surface area contributed by atoms with Gasteiger partial charge in [-0.25, -0.2) is 8.42 Å². The summed E-state index contributed by atoms with van der Waals surface area (Å²) in [5, 5.41) is 0. The zero-order chi connectivity index (χ0) is 13.8. The second-order valence-corrected chi connectivity index (χ2v) is 9.12. The van der Waals surface area contributed by atoms with Gasteiger partial charge in [-0.05, 0) is 24.3 Å². The van der Waals surface area contributed by atoms with Crippen LogP contribution in [0.25, 0.3) is 0 Å². The Morgan fingerprint density at radius 3 is 2.44 bits per heavy atom. The van der Waals surface area contributed by atoms with E-state index in [4.69, 9.17) is 16.3 Å². The zero-order valence-corrected chi connectivity index (χ0v) is 12.7. The van der Waals surface area contributed by atoms with Gasteiger partial charge in [0.25, 0.3) is 6.64 Å². The van der Waals surface area contributed by atoms with Crippen LogP contribution in [-0.2, 0) is 32.1 Å². The highest BCUT2D eigenvalue weighted by atomic mass is 32.5. The second kappa shape index (κ2) is 6.23. The van der Waals surface area contributed by atoms with Crippen molar-refractivity contribution in [3.8, 4) is 0 Å². The van der Waals surface area contributed by atoms with E-state index in [-0.39, 0.29) is 12.4 Å². The van der Waals surface area contributed by atoms with Crippen LogP contribution in [-0.4, -0.2) is 31.0 Å². The Bertz CT molecular complexity index is 532. The number of rotatable bonds is 6. The smallest absolute Gasteiger partial charge is 0.274 e. The minimum atomic E-state index is -3.69. The summed E-state index contributed by atoms with van der Waals surface area (Å²) in [7, 11) is -2.44. The minimum absolute atomic E-state index is 0.166. The highest BCUT2D eigenvalue weighted by Crippen LogP contribution is 2.47. The highest BCUT2D eigenvalue weighted by molar-refractivity contribution is 8.13. The average Bonchev–Trinajstić information content (AvgIpc) is 2.28. The minimum Gasteiger partial charge on any atom is -0.333 e. The summed E-state index contributed by atoms with van der Waals surface area (Å²) in [6.07, 6.45) is 0. The first-order valence-electron chi connectivity index (χ1n) is 5.28. The van der Waals surface area contributed by atoms with Crippen LogP contribution in [0.5, 0.6) is 0 Å². The molecule has 102 valence electrons. The summed E-state index contributed by atoms with van der Waals surface area (Å²) in [4.78, 5) is 9.85. The summed E-state index contributed by atoms with van der Waals surface area (Å²) in [5.74, 6) is -0.212. The van der Waals surface area contributed by atoms with Crippen molar-refractivity contribution in [1.29, 1.82) is 0 Å². The fourth-order valence-corrected chi connectivity index (χ4v) is 5.39. The topological polar surface area (TPSA) is 66.8 Å². The first kappa shape index (κ1) is 15.8. The Hall–Kier alpha value is -0.300. The van der Waals surface area contributed by atoms with E-state index in [2.05, 4.69) is 0 Å². The summed E-state index contributed by atoms with van der Waals surface area (Å²) in [5.41, 5.74) is 0.635. The Morgan fingerprint density at radius 1 is 1.39 bits per heavy atom. The van der Waals surface area contributed by atoms with E-state index >= 15 is 0 Å². The van der Waals surface area contributed by atoms with Crippen LogP contribution in [0.4, 0.5) is 0 Å². The maximum absolute atomic E-state index is 12.1. The number of hydrogen-bond donors (Lipinski definition) is 1. The van der Waals surface area contributed by atoms with Crippen molar-refractivity contribution in [2.24, 2.45) is 0 Å². The van der Waals surface area contributed by atoms with Gasteiger partial charge in [-0.2, -0.15) is 0 Å². The molecule has 0 amide bonds. The van der Waals surface area contributed by atoms with Crippen LogP contribution >= 0.6 is 6.64 Å². The molecule has 5 nitrogen and oxygen atoms in total. The molecule has 0 heterocycles. The van der Waals surface area contributed by atoms with Crippen molar-refractivity contribution in [3.63, 3.8) is 0 Å². The predicted molar refractivity (Wildman–Crippen MR) is 75.0 cm³/mol. The van der Waals surface area contributed by atoms with Gasteiger partial charge in [0.15, 0.2) is 0 Å². The Morgan fingerprint density at radius 2 is 1.94 bits per heavy atom. The predicted octanol–water partition coefficient (Wildman–Crippen LogP) is 1.70. The van der Waals surface area contributed by atoms with Gasteiger partial charge in [0, 0.05) is 7.05 Å². The summed E-state index contributed by atoms with van der Waals surface area (Å²) in [6.45, 7) is -1.65. The van der Waals surface area contributed by atoms with Gasteiger partial charge >= 0.3 is 0 Å². The van der Waals surface area contributed by atoms with E-state index in [0.717, 1.165) is 4.08 Å². The van der Waals surface area contributed by atoms with E-state index in [1.54, 1.807) is 37.3 Å². The second-order valence-electron chi connectivity index (χ2n) is 3.58. The third-order valence-corrected chi connectivity index (χ3v) is 7.83. The average molecular weight is 309 g/mol. The molecule has 0 aliphatic carbocycles. The molecule has 1 rings (SSSR count). The van der Waals surface area contributed by atoms with Crippen molar-refractivity contribution in [1.82, 2.24) is 4.08 Å². The van der Waals surface area contributed by atoms with Gasteiger partial charge < -0.3 is 9.42 Å². The van der Waals surface area contributed by atoms with Crippen molar-refractivity contribution < 1.29 is 17.8 Å². The number of hydrogen-bond acceptors (Lipinski definition) is 4. The molecule has 1 aromatic carbocycles. The van der Waals surface area contributed by atoms with E-state index in [0.29, 0.717) is 5.56 Å². The monoisotopic (exact) mass is 309 g/mol. The van der Waals surface area contributed by atoms with Crippen LogP contribution in [0.3, 0.4) is 0 Å². The molecule has 0 fully saturated rings. The molecule has 0 aliphatic heterocycles. The summed E-state index contributed by atoms with van der Waals surface area (Å²) < 4.78 is 29.8. The fraction of sp³-hybridized carbons (Fsp3) is 0.400. The van der Waals surface area contributed by atoms with Crippen LogP contribution in [0.1, 0.15) is 12.5 Å². The number of nitrogens with zero attached hydrogens (tertiary/aromatic N) is 1. The van der Waals surface area contributed by atoms with Crippen molar-refractivity contribution in [2.75, 3.05) is 13.7 Å². The molecular formula is C10H16NO4PS2. The lowest BCUT2D eigenvalue weighted by Gasteiger charge is -2.25. The van der Waals surface area contributed by atoms with Gasteiger partial charge in [0.1, 0.15) is 0 Å². The molecule has 0 spiro atoms. The first-order valence-corrected chi connectivity index (χ1v) is 9.51. The van der Waals surface area contributed by atoms with Crippen LogP contribution in [0, 0.1) is 0 Å². The molecule has 1 N–H and O–H groups in total. The van der Waals surface area contributed by atoms with Crippen LogP contribution < -0.4 is 0 Å². The Kier molecular flexibility index (Phi) is 5.46. The SMILES string of the molecule is CCOP(O)(=S)N(C)S(=O)(=O)Cc1ccccc1. The molecule has 0 aliphatic rings. The van der Waals surface area contributed by atoms with E-state index < -0.39 is 16.7 Å². The third-order valence-electron chi connectivity index (χ3n) is 2.25. The molecule has 1 aromatic rings. The van der Waals surface area contributed by atoms with Crippen LogP contribution in [0.2, 0.25) is 0 Å². The van der Waals surface area contributed by atoms with Gasteiger partial charge in [-0.3, -0.25) is 0 Å². The maximum Gasteiger partial charge on any atom is 0.274 e. The quantitative estimate of drug-likeness (QED) is 0.810. The third kappa shape index (κ3) is 4.12. The molecule has 0 bridgehead atoms. The zero-order valence-electron chi connectivity index (χ0n) is 10.2. The van der Waals surface area contributed by atoms with Gasteiger partial charge in [-0.15, -0.1) is 4.08 Å². The first-order chi connectivity index (χ1) is 8.29. The lowest BCUT2D eigenvalue weighted by molar-refractivity contribution is 0.302. The van der Waals surface area contributed by atoms with Crippen molar-refractivity contribution >= 4 is 28.5 Å². The largest absolute Gasteiger partial charge is 0.333 e. The van der Waals surface area contributed by atoms with Gasteiger partial charge in [-0.1, -0.05) is 30.3 Å². The van der Waals surface area contributed by atoms with E-state index in [9.17, 15) is 13.3 Å². The van der Waals surface area contributed by atoms with Gasteiger partial charge in [0.05, 0.1) is 12.4 Å². The summed E-state index contributed by atoms with van der Waals surface area (Å²) >= 11 is 4.82. The van der Waals surface area contributed by atoms with Crippen molar-refractivity contribution in [2.45, 2.75) is 12.7 Å². The van der Waals surface area contributed by atoms with E-state index in [1.165, 1.54) is 7.05 Å². The lowest BCUT2D eigenvalue weighted by atomic mass is 10.2. The Balaban J connectivity index is 2.91. The van der Waals surface area contributed by atoms with Crippen molar-refractivity contribution in [3.05, 3.63) is 35.9 Å². The Labute approximate surface area is 113 Å². The fourth-order valence-electron chi connectivity index (χ4n) is 1.28. The molecule has 0 saturated carbocycles. The van der Waals surface area contributed by atoms with Gasteiger partial charge in [0.2, 0.25) is 10.0 Å². The number of sulfonamides is 1. The molecule has 0 saturated heterocycles. The molecular weight excluding hydrogens is 293 g/mol. The van der Waals surface area contributed by atoms with Crippen LogP contribution in [0.15, 0.2) is 30.3 Å². The molecule has 8 heteroatoms. The molecule has 0 radical (unpaired) electrons. The van der Waals surface area contributed by atoms with E-state index in [1.807, 2.05) is 0 Å². The molecule has 1 atom stereocenters. The highest BCUT2D eigenvalue weighted by Gasteiger charge is 2.31. The molecule has 1 unspecified atom stereocenters. The number of benzene rings is 1. The molecule has 18 heavy (non-hydrogen) atoms.